The molecule has 84 valence electrons. The van der Waals surface area contributed by atoms with Crippen molar-refractivity contribution in [2.45, 2.75) is 6.92 Å². The Hall–Kier alpha value is -1.84. The fourth-order valence-electron chi connectivity index (χ4n) is 1.67. The van der Waals surface area contributed by atoms with Gasteiger partial charge in [0.2, 0.25) is 6.54 Å². The highest BCUT2D eigenvalue weighted by molar-refractivity contribution is 6.02. The van der Waals surface area contributed by atoms with Gasteiger partial charge in [-0.25, -0.2) is 9.73 Å². The van der Waals surface area contributed by atoms with Crippen molar-refractivity contribution in [2.24, 2.45) is 4.99 Å². The lowest BCUT2D eigenvalue weighted by atomic mass is 10.1. The molecular formula is C12H15N3O. The van der Waals surface area contributed by atoms with Crippen LogP contribution in [-0.2, 0) is 0 Å². The van der Waals surface area contributed by atoms with E-state index in [9.17, 15) is 5.21 Å². The van der Waals surface area contributed by atoms with Gasteiger partial charge in [0.15, 0.2) is 11.5 Å². The minimum atomic E-state index is 0.299. The Balaban J connectivity index is 2.61. The first-order valence-corrected chi connectivity index (χ1v) is 5.22. The number of hydrogen-bond donors (Lipinski definition) is 0. The van der Waals surface area contributed by atoms with Crippen molar-refractivity contribution in [3.63, 3.8) is 0 Å². The molecule has 0 atom stereocenters. The first-order chi connectivity index (χ1) is 7.59. The van der Waals surface area contributed by atoms with Crippen LogP contribution in [0, 0.1) is 5.21 Å². The van der Waals surface area contributed by atoms with Gasteiger partial charge in [0.1, 0.15) is 0 Å². The molecule has 2 rings (SSSR count). The summed E-state index contributed by atoms with van der Waals surface area (Å²) >= 11 is 0. The number of rotatable bonds is 0. The van der Waals surface area contributed by atoms with Gasteiger partial charge in [-0.3, -0.25) is 0 Å². The average Bonchev–Trinajstić information content (AvgIpc) is 2.38. The predicted octanol–water partition coefficient (Wildman–Crippen LogP) is 1.61. The molecule has 0 radical (unpaired) electrons. The molecule has 0 bridgehead atoms. The van der Waals surface area contributed by atoms with Gasteiger partial charge in [0, 0.05) is 21.0 Å². The highest BCUT2D eigenvalue weighted by Crippen LogP contribution is 2.21. The molecule has 0 N–H and O–H groups in total. The third kappa shape index (κ3) is 1.78. The van der Waals surface area contributed by atoms with Crippen LogP contribution in [0.1, 0.15) is 12.5 Å². The normalized spacial score (nSPS) is 15.3. The molecule has 4 heteroatoms. The fourth-order valence-corrected chi connectivity index (χ4v) is 1.67. The first kappa shape index (κ1) is 10.7. The van der Waals surface area contributed by atoms with Gasteiger partial charge >= 0.3 is 0 Å². The second-order valence-corrected chi connectivity index (χ2v) is 4.06. The van der Waals surface area contributed by atoms with Crippen LogP contribution >= 0.6 is 0 Å². The molecular weight excluding hydrogens is 202 g/mol. The quantitative estimate of drug-likeness (QED) is 0.489. The summed E-state index contributed by atoms with van der Waals surface area (Å²) in [5.41, 5.74) is 2.49. The highest BCUT2D eigenvalue weighted by Gasteiger charge is 2.19. The van der Waals surface area contributed by atoms with Crippen LogP contribution in [0.2, 0.25) is 0 Å². The van der Waals surface area contributed by atoms with E-state index in [1.165, 1.54) is 0 Å². The Morgan fingerprint density at radius 2 is 2.00 bits per heavy atom. The van der Waals surface area contributed by atoms with Crippen molar-refractivity contribution in [1.82, 2.24) is 4.90 Å². The number of amidine groups is 1. The molecule has 0 saturated carbocycles. The molecule has 0 aromatic heterocycles. The van der Waals surface area contributed by atoms with E-state index < -0.39 is 0 Å². The minimum Gasteiger partial charge on any atom is -0.623 e. The summed E-state index contributed by atoms with van der Waals surface area (Å²) in [6, 6.07) is 7.72. The molecule has 1 aliphatic rings. The number of hydroxylamine groups is 1. The fraction of sp³-hybridized carbons (Fsp3) is 0.333. The summed E-state index contributed by atoms with van der Waals surface area (Å²) in [6.45, 7) is 2.13. The summed E-state index contributed by atoms with van der Waals surface area (Å²) in [5.74, 6) is 0.777. The zero-order chi connectivity index (χ0) is 11.7. The third-order valence-corrected chi connectivity index (χ3v) is 2.72. The Labute approximate surface area is 95.1 Å². The van der Waals surface area contributed by atoms with E-state index in [0.717, 1.165) is 27.5 Å². The summed E-state index contributed by atoms with van der Waals surface area (Å²) in [6.07, 6.45) is 0. The second-order valence-electron chi connectivity index (χ2n) is 4.06. The molecule has 0 aliphatic carbocycles. The molecule has 0 fully saturated rings. The zero-order valence-electron chi connectivity index (χ0n) is 9.77. The van der Waals surface area contributed by atoms with Crippen molar-refractivity contribution in [3.05, 3.63) is 35.0 Å². The zero-order valence-corrected chi connectivity index (χ0v) is 9.77. The van der Waals surface area contributed by atoms with E-state index in [0.29, 0.717) is 6.54 Å². The van der Waals surface area contributed by atoms with Crippen molar-refractivity contribution in [1.29, 1.82) is 0 Å². The first-order valence-electron chi connectivity index (χ1n) is 5.22. The van der Waals surface area contributed by atoms with E-state index in [-0.39, 0.29) is 0 Å². The highest BCUT2D eigenvalue weighted by atomic mass is 16.5. The van der Waals surface area contributed by atoms with Gasteiger partial charge in [-0.1, -0.05) is 12.1 Å². The lowest BCUT2D eigenvalue weighted by Crippen LogP contribution is -2.30. The molecule has 1 aromatic carbocycles. The van der Waals surface area contributed by atoms with Crippen LogP contribution < -0.4 is 0 Å². The number of fused-ring (bicyclic) bond motifs is 1. The van der Waals surface area contributed by atoms with E-state index in [1.54, 1.807) is 0 Å². The van der Waals surface area contributed by atoms with Crippen LogP contribution in [0.15, 0.2) is 29.3 Å². The number of likely N-dealkylation sites (N-methyl/N-ethyl adjacent to an activating group) is 1. The van der Waals surface area contributed by atoms with Gasteiger partial charge in [0.25, 0.3) is 0 Å². The minimum absolute atomic E-state index is 0.299. The predicted molar refractivity (Wildman–Crippen MR) is 65.5 cm³/mol. The number of aliphatic imine (C=N–C) groups is 1. The molecule has 1 aromatic rings. The smallest absolute Gasteiger partial charge is 0.210 e. The Morgan fingerprint density at radius 3 is 2.69 bits per heavy atom. The lowest BCUT2D eigenvalue weighted by molar-refractivity contribution is -0.441. The van der Waals surface area contributed by atoms with Crippen LogP contribution in [0.4, 0.5) is 5.69 Å². The monoisotopic (exact) mass is 217 g/mol. The van der Waals surface area contributed by atoms with Gasteiger partial charge in [-0.2, -0.15) is 0 Å². The molecule has 0 unspecified atom stereocenters. The largest absolute Gasteiger partial charge is 0.623 e. The maximum absolute atomic E-state index is 11.9. The van der Waals surface area contributed by atoms with E-state index in [2.05, 4.69) is 4.99 Å². The van der Waals surface area contributed by atoms with Crippen molar-refractivity contribution in [3.8, 4) is 0 Å². The van der Waals surface area contributed by atoms with E-state index >= 15 is 0 Å². The van der Waals surface area contributed by atoms with Crippen LogP contribution in [-0.4, -0.2) is 41.8 Å². The lowest BCUT2D eigenvalue weighted by Gasteiger charge is -2.13. The van der Waals surface area contributed by atoms with Crippen LogP contribution in [0.5, 0.6) is 0 Å². The number of benzene rings is 1. The number of para-hydroxylation sites is 1. The molecule has 1 aliphatic heterocycles. The number of hydrogen-bond acceptors (Lipinski definition) is 3. The maximum Gasteiger partial charge on any atom is 0.210 e. The topological polar surface area (TPSA) is 41.7 Å². The van der Waals surface area contributed by atoms with Crippen LogP contribution in [0.3, 0.4) is 0 Å². The SMILES string of the molecule is CC1=[N+]([O-])CC(N(C)C)=Nc2ccccc21. The van der Waals surface area contributed by atoms with E-state index in [1.807, 2.05) is 50.2 Å². The summed E-state index contributed by atoms with van der Waals surface area (Å²) in [4.78, 5) is 6.39. The Kier molecular flexibility index (Phi) is 2.64. The number of nitrogens with zero attached hydrogens (tertiary/aromatic N) is 3. The van der Waals surface area contributed by atoms with E-state index in [4.69, 9.17) is 0 Å². The molecule has 0 saturated heterocycles. The molecule has 16 heavy (non-hydrogen) atoms. The Bertz CT molecular complexity index is 475. The van der Waals surface area contributed by atoms with Crippen LogP contribution in [0.25, 0.3) is 0 Å². The van der Waals surface area contributed by atoms with Gasteiger partial charge in [-0.05, 0) is 12.1 Å². The van der Waals surface area contributed by atoms with Gasteiger partial charge in [-0.15, -0.1) is 0 Å². The van der Waals surface area contributed by atoms with Gasteiger partial charge < -0.3 is 10.1 Å². The standard InChI is InChI=1S/C12H15N3O/c1-9-10-6-4-5-7-11(10)13-12(14(2)3)8-15(9)16/h4-7H,8H2,1-3H3. The molecule has 0 spiro atoms. The second kappa shape index (κ2) is 3.96. The summed E-state index contributed by atoms with van der Waals surface area (Å²) in [5, 5.41) is 11.9. The third-order valence-electron chi connectivity index (χ3n) is 2.72. The molecule has 1 heterocycles. The molecule has 4 nitrogen and oxygen atoms in total. The van der Waals surface area contributed by atoms with Crippen molar-refractivity contribution in [2.75, 3.05) is 20.6 Å². The van der Waals surface area contributed by atoms with Gasteiger partial charge in [0.05, 0.1) is 11.3 Å². The summed E-state index contributed by atoms with van der Waals surface area (Å²) in [7, 11) is 3.80. The maximum atomic E-state index is 11.9. The summed E-state index contributed by atoms with van der Waals surface area (Å²) < 4.78 is 0.991. The molecule has 0 amide bonds. The Morgan fingerprint density at radius 1 is 1.31 bits per heavy atom. The van der Waals surface area contributed by atoms with Crippen molar-refractivity contribution < 1.29 is 4.74 Å². The average molecular weight is 217 g/mol. The van der Waals surface area contributed by atoms with Crippen molar-refractivity contribution >= 4 is 17.2 Å².